The van der Waals surface area contributed by atoms with Crippen molar-refractivity contribution in [2.45, 2.75) is 6.92 Å². The number of piperazine rings is 1. The molecule has 0 aliphatic carbocycles. The molecule has 0 saturated carbocycles. The molecule has 6 heteroatoms. The van der Waals surface area contributed by atoms with Crippen LogP contribution in [-0.2, 0) is 0 Å². The maximum atomic E-state index is 4.64. The molecule has 0 atom stereocenters. The Kier molecular flexibility index (Phi) is 4.16. The van der Waals surface area contributed by atoms with E-state index in [4.69, 9.17) is 0 Å². The molecule has 4 aromatic rings. The number of benzene rings is 2. The van der Waals surface area contributed by atoms with Crippen molar-refractivity contribution in [1.82, 2.24) is 20.2 Å². The smallest absolute Gasteiger partial charge is 0.140 e. The zero-order valence-electron chi connectivity index (χ0n) is 15.8. The molecule has 1 saturated heterocycles. The van der Waals surface area contributed by atoms with Crippen molar-refractivity contribution in [1.29, 1.82) is 0 Å². The van der Waals surface area contributed by atoms with Crippen LogP contribution in [0.5, 0.6) is 0 Å². The fourth-order valence-corrected chi connectivity index (χ4v) is 3.96. The van der Waals surface area contributed by atoms with Gasteiger partial charge in [-0.15, -0.1) is 0 Å². The molecule has 0 amide bonds. The third kappa shape index (κ3) is 2.97. The molecular formula is C22H22N6. The van der Waals surface area contributed by atoms with Gasteiger partial charge in [-0.1, -0.05) is 24.3 Å². The number of aromatic nitrogens is 4. The highest BCUT2D eigenvalue weighted by atomic mass is 15.3. The molecule has 1 N–H and O–H groups in total. The van der Waals surface area contributed by atoms with Gasteiger partial charge in [-0.25, -0.2) is 9.97 Å². The number of H-pyrrole nitrogens is 1. The fourth-order valence-electron chi connectivity index (χ4n) is 3.96. The second kappa shape index (κ2) is 6.96. The van der Waals surface area contributed by atoms with Crippen molar-refractivity contribution in [3.05, 3.63) is 66.7 Å². The van der Waals surface area contributed by atoms with Gasteiger partial charge in [0.05, 0.1) is 11.7 Å². The number of fused-ring (bicyclic) bond motifs is 1. The molecule has 6 nitrogen and oxygen atoms in total. The Bertz CT molecular complexity index is 1100. The minimum absolute atomic E-state index is 0.941. The van der Waals surface area contributed by atoms with Gasteiger partial charge in [0, 0.05) is 49.0 Å². The monoisotopic (exact) mass is 370 g/mol. The van der Waals surface area contributed by atoms with Crippen LogP contribution in [0.2, 0.25) is 0 Å². The summed E-state index contributed by atoms with van der Waals surface area (Å²) < 4.78 is 0. The van der Waals surface area contributed by atoms with Gasteiger partial charge < -0.3 is 9.80 Å². The van der Waals surface area contributed by atoms with Gasteiger partial charge in [-0.2, -0.15) is 5.10 Å². The van der Waals surface area contributed by atoms with E-state index in [1.54, 1.807) is 6.33 Å². The van der Waals surface area contributed by atoms with Gasteiger partial charge in [0.15, 0.2) is 0 Å². The summed E-state index contributed by atoms with van der Waals surface area (Å²) >= 11 is 0. The lowest BCUT2D eigenvalue weighted by Gasteiger charge is -2.37. The third-order valence-electron chi connectivity index (χ3n) is 5.48. The van der Waals surface area contributed by atoms with Crippen molar-refractivity contribution < 1.29 is 0 Å². The number of nitrogens with one attached hydrogen (secondary N) is 1. The molecule has 5 rings (SSSR count). The average Bonchev–Trinajstić information content (AvgIpc) is 3.28. The first kappa shape index (κ1) is 16.7. The van der Waals surface area contributed by atoms with Gasteiger partial charge in [0.2, 0.25) is 0 Å². The third-order valence-corrected chi connectivity index (χ3v) is 5.48. The Morgan fingerprint density at radius 2 is 1.71 bits per heavy atom. The lowest BCUT2D eigenvalue weighted by atomic mass is 10.1. The van der Waals surface area contributed by atoms with Crippen LogP contribution in [-0.4, -0.2) is 46.3 Å². The van der Waals surface area contributed by atoms with Crippen molar-refractivity contribution >= 4 is 22.4 Å². The lowest BCUT2D eigenvalue weighted by Crippen LogP contribution is -2.47. The van der Waals surface area contributed by atoms with Crippen LogP contribution >= 0.6 is 0 Å². The Morgan fingerprint density at radius 3 is 2.50 bits per heavy atom. The minimum atomic E-state index is 0.941. The number of aryl methyl sites for hydroxylation is 1. The van der Waals surface area contributed by atoms with Crippen LogP contribution in [0.25, 0.3) is 22.0 Å². The molecule has 2 aromatic carbocycles. The number of anilines is 2. The summed E-state index contributed by atoms with van der Waals surface area (Å²) in [5.41, 5.74) is 5.82. The van der Waals surface area contributed by atoms with Crippen LogP contribution in [0.3, 0.4) is 0 Å². The number of aromatic amines is 1. The van der Waals surface area contributed by atoms with E-state index in [2.05, 4.69) is 79.4 Å². The molecule has 28 heavy (non-hydrogen) atoms. The molecule has 2 aromatic heterocycles. The largest absolute Gasteiger partial charge is 0.368 e. The van der Waals surface area contributed by atoms with Gasteiger partial charge in [0.25, 0.3) is 0 Å². The number of nitrogens with zero attached hydrogens (tertiary/aromatic N) is 5. The summed E-state index contributed by atoms with van der Waals surface area (Å²) in [5, 5.41) is 8.03. The van der Waals surface area contributed by atoms with Crippen molar-refractivity contribution in [3.63, 3.8) is 0 Å². The summed E-state index contributed by atoms with van der Waals surface area (Å²) in [6, 6.07) is 14.9. The Morgan fingerprint density at radius 1 is 0.893 bits per heavy atom. The molecule has 1 aliphatic rings. The van der Waals surface area contributed by atoms with E-state index in [9.17, 15) is 0 Å². The van der Waals surface area contributed by atoms with Crippen LogP contribution in [0.4, 0.5) is 11.5 Å². The Hall–Kier alpha value is -3.41. The van der Waals surface area contributed by atoms with Crippen LogP contribution in [0, 0.1) is 6.92 Å². The molecular weight excluding hydrogens is 348 g/mol. The predicted octanol–water partition coefficient (Wildman–Crippen LogP) is 3.65. The maximum Gasteiger partial charge on any atom is 0.140 e. The van der Waals surface area contributed by atoms with Crippen molar-refractivity contribution in [2.75, 3.05) is 36.0 Å². The minimum Gasteiger partial charge on any atom is -0.368 e. The maximum absolute atomic E-state index is 4.64. The van der Waals surface area contributed by atoms with E-state index < -0.39 is 0 Å². The zero-order valence-corrected chi connectivity index (χ0v) is 15.8. The second-order valence-corrected chi connectivity index (χ2v) is 7.18. The zero-order chi connectivity index (χ0) is 18.9. The Labute approximate surface area is 163 Å². The molecule has 0 spiro atoms. The number of hydrogen-bond donors (Lipinski definition) is 1. The number of hydrogen-bond acceptors (Lipinski definition) is 5. The molecule has 3 heterocycles. The van der Waals surface area contributed by atoms with Crippen LogP contribution < -0.4 is 9.80 Å². The first-order valence-electron chi connectivity index (χ1n) is 9.59. The van der Waals surface area contributed by atoms with E-state index in [1.807, 2.05) is 12.4 Å². The quantitative estimate of drug-likeness (QED) is 0.596. The Balaban J connectivity index is 1.44. The lowest BCUT2D eigenvalue weighted by molar-refractivity contribution is 0.648. The highest BCUT2D eigenvalue weighted by Gasteiger charge is 2.21. The summed E-state index contributed by atoms with van der Waals surface area (Å²) in [7, 11) is 0. The fraction of sp³-hybridized carbons (Fsp3) is 0.227. The van der Waals surface area contributed by atoms with Gasteiger partial charge in [-0.05, 0) is 36.2 Å². The number of para-hydroxylation sites is 1. The van der Waals surface area contributed by atoms with E-state index in [1.165, 1.54) is 11.3 Å². The van der Waals surface area contributed by atoms with Crippen LogP contribution in [0.1, 0.15) is 5.56 Å². The summed E-state index contributed by atoms with van der Waals surface area (Å²) in [6.45, 7) is 6.03. The van der Waals surface area contributed by atoms with Crippen molar-refractivity contribution in [3.8, 4) is 11.1 Å². The highest BCUT2D eigenvalue weighted by Crippen LogP contribution is 2.29. The molecule has 0 radical (unpaired) electrons. The predicted molar refractivity (Wildman–Crippen MR) is 113 cm³/mol. The van der Waals surface area contributed by atoms with Gasteiger partial charge >= 0.3 is 0 Å². The van der Waals surface area contributed by atoms with E-state index in [-0.39, 0.29) is 0 Å². The normalized spacial score (nSPS) is 14.6. The summed E-state index contributed by atoms with van der Waals surface area (Å²) in [4.78, 5) is 13.9. The van der Waals surface area contributed by atoms with Gasteiger partial charge in [-0.3, -0.25) is 5.10 Å². The highest BCUT2D eigenvalue weighted by molar-refractivity contribution is 5.92. The van der Waals surface area contributed by atoms with E-state index in [0.717, 1.165) is 54.0 Å². The number of rotatable bonds is 3. The van der Waals surface area contributed by atoms with Gasteiger partial charge in [0.1, 0.15) is 12.1 Å². The molecule has 1 aliphatic heterocycles. The first-order valence-corrected chi connectivity index (χ1v) is 9.59. The molecule has 0 bridgehead atoms. The molecule has 140 valence electrons. The SMILES string of the molecule is Cc1ccccc1N1CCN(c2ncnc3ccc(-c4cn[nH]c4)cc23)CC1. The molecule has 0 unspecified atom stereocenters. The molecule has 1 fully saturated rings. The second-order valence-electron chi connectivity index (χ2n) is 7.18. The summed E-state index contributed by atoms with van der Waals surface area (Å²) in [6.07, 6.45) is 5.42. The topological polar surface area (TPSA) is 60.9 Å². The average molecular weight is 370 g/mol. The van der Waals surface area contributed by atoms with E-state index in [0.29, 0.717) is 0 Å². The van der Waals surface area contributed by atoms with Crippen LogP contribution in [0.15, 0.2) is 61.2 Å². The first-order chi connectivity index (χ1) is 13.8. The summed E-state index contributed by atoms with van der Waals surface area (Å²) in [5.74, 6) is 1.01. The van der Waals surface area contributed by atoms with Crippen molar-refractivity contribution in [2.24, 2.45) is 0 Å². The standard InChI is InChI=1S/C22H22N6/c1-16-4-2-3-5-21(16)27-8-10-28(11-9-27)22-19-12-17(18-13-25-26-14-18)6-7-20(19)23-15-24-22/h2-7,12-15H,8-11H2,1H3,(H,25,26). The van der Waals surface area contributed by atoms with E-state index >= 15 is 0 Å².